The number of carboxylic acid groups (broad SMARTS) is 1. The molecule has 1 amide bonds. The Hall–Kier alpha value is -3.28. The molecule has 0 saturated carbocycles. The van der Waals surface area contributed by atoms with Gasteiger partial charge in [-0.05, 0) is 37.0 Å². The van der Waals surface area contributed by atoms with Crippen LogP contribution in [0.1, 0.15) is 35.2 Å². The zero-order chi connectivity index (χ0) is 20.6. The molecule has 0 bridgehead atoms. The van der Waals surface area contributed by atoms with Crippen LogP contribution < -0.4 is 4.74 Å². The van der Waals surface area contributed by atoms with Crippen molar-refractivity contribution in [3.8, 4) is 5.75 Å². The molecule has 3 aromatic rings. The smallest absolute Gasteiger partial charge is 0.407 e. The van der Waals surface area contributed by atoms with Gasteiger partial charge in [0.05, 0.1) is 7.11 Å². The van der Waals surface area contributed by atoms with Gasteiger partial charge in [0.25, 0.3) is 0 Å². The molecule has 0 spiro atoms. The van der Waals surface area contributed by atoms with Crippen LogP contribution in [0, 0.1) is 0 Å². The minimum Gasteiger partial charge on any atom is -0.496 e. The highest BCUT2D eigenvalue weighted by atomic mass is 16.5. The fourth-order valence-electron chi connectivity index (χ4n) is 3.49. The quantitative estimate of drug-likeness (QED) is 0.384. The van der Waals surface area contributed by atoms with Crippen LogP contribution in [0.2, 0.25) is 0 Å². The molecule has 0 aliphatic rings. The fourth-order valence-corrected chi connectivity index (χ4v) is 3.49. The number of benzene rings is 2. The third-order valence-electron chi connectivity index (χ3n) is 5.09. The minimum absolute atomic E-state index is 0.0818. The maximum Gasteiger partial charge on any atom is 0.407 e. The number of fused-ring (bicyclic) bond motifs is 1. The van der Waals surface area contributed by atoms with Gasteiger partial charge in [-0.3, -0.25) is 4.79 Å². The summed E-state index contributed by atoms with van der Waals surface area (Å²) in [7, 11) is 1.61. The number of nitrogens with zero attached hydrogens (tertiary/aromatic N) is 1. The fraction of sp³-hybridized carbons (Fsp3) is 0.304. The predicted octanol–water partition coefficient (Wildman–Crippen LogP) is 4.75. The number of H-pyrrole nitrogens is 1. The summed E-state index contributed by atoms with van der Waals surface area (Å²) in [6.45, 7) is 0.803. The number of ether oxygens (including phenoxy) is 1. The van der Waals surface area contributed by atoms with E-state index in [2.05, 4.69) is 4.98 Å². The zero-order valence-corrected chi connectivity index (χ0v) is 16.6. The molecule has 0 atom stereocenters. The summed E-state index contributed by atoms with van der Waals surface area (Å²) in [5.74, 6) is 0.848. The van der Waals surface area contributed by atoms with Crippen LogP contribution >= 0.6 is 0 Å². The van der Waals surface area contributed by atoms with E-state index in [0.717, 1.165) is 22.2 Å². The molecule has 6 nitrogen and oxygen atoms in total. The Morgan fingerprint density at radius 1 is 1.03 bits per heavy atom. The molecular formula is C23H26N2O4. The van der Waals surface area contributed by atoms with E-state index in [1.807, 2.05) is 48.5 Å². The van der Waals surface area contributed by atoms with E-state index >= 15 is 0 Å². The van der Waals surface area contributed by atoms with Crippen molar-refractivity contribution in [2.45, 2.75) is 25.7 Å². The van der Waals surface area contributed by atoms with Crippen LogP contribution in [0.15, 0.2) is 54.7 Å². The lowest BCUT2D eigenvalue weighted by molar-refractivity contribution is 0.0979. The number of unbranched alkanes of at least 4 members (excludes halogenated alkanes) is 1. The van der Waals surface area contributed by atoms with Gasteiger partial charge in [-0.2, -0.15) is 0 Å². The molecule has 0 saturated heterocycles. The monoisotopic (exact) mass is 394 g/mol. The Bertz CT molecular complexity index is 980. The maximum atomic E-state index is 12.5. The van der Waals surface area contributed by atoms with Crippen LogP contribution in [0.25, 0.3) is 10.9 Å². The standard InChI is InChI=1S/C23H26N2O4/c1-29-22-12-5-2-8-17(22)13-15-25(23(27)28)14-7-6-11-21(26)19-16-24-20-10-4-3-9-18(19)20/h2-5,8-10,12,16,24H,6-7,11,13-15H2,1H3,(H,27,28). The van der Waals surface area contributed by atoms with Crippen LogP contribution in [-0.4, -0.2) is 47.1 Å². The summed E-state index contributed by atoms with van der Waals surface area (Å²) >= 11 is 0. The summed E-state index contributed by atoms with van der Waals surface area (Å²) in [4.78, 5) is 28.6. The number of hydrogen-bond acceptors (Lipinski definition) is 3. The molecule has 2 aromatic carbocycles. The lowest BCUT2D eigenvalue weighted by Crippen LogP contribution is -2.32. The second-order valence-electron chi connectivity index (χ2n) is 6.96. The molecule has 3 rings (SSSR count). The number of methoxy groups -OCH3 is 1. The average Bonchev–Trinajstić information content (AvgIpc) is 3.17. The second kappa shape index (κ2) is 9.78. The third kappa shape index (κ3) is 5.16. The number of ketones is 1. The van der Waals surface area contributed by atoms with Crippen molar-refractivity contribution in [1.82, 2.24) is 9.88 Å². The Kier molecular flexibility index (Phi) is 6.89. The van der Waals surface area contributed by atoms with Gasteiger partial charge in [-0.15, -0.1) is 0 Å². The first-order chi connectivity index (χ1) is 14.1. The Morgan fingerprint density at radius 3 is 2.59 bits per heavy atom. The highest BCUT2D eigenvalue weighted by molar-refractivity contribution is 6.07. The number of nitrogens with one attached hydrogen (secondary N) is 1. The van der Waals surface area contributed by atoms with E-state index in [1.165, 1.54) is 4.90 Å². The predicted molar refractivity (Wildman–Crippen MR) is 113 cm³/mol. The highest BCUT2D eigenvalue weighted by Gasteiger charge is 2.14. The van der Waals surface area contributed by atoms with E-state index in [9.17, 15) is 14.7 Å². The van der Waals surface area contributed by atoms with Crippen LogP contribution in [0.3, 0.4) is 0 Å². The molecule has 1 heterocycles. The van der Waals surface area contributed by atoms with E-state index in [1.54, 1.807) is 13.3 Å². The van der Waals surface area contributed by atoms with Gasteiger partial charge in [-0.25, -0.2) is 4.79 Å². The normalized spacial score (nSPS) is 10.8. The Labute approximate surface area is 170 Å². The van der Waals surface area contributed by atoms with Crippen LogP contribution in [0.4, 0.5) is 4.79 Å². The number of Topliss-reactive ketones (excluding diaryl/α,β-unsaturated/α-hetero) is 1. The van der Waals surface area contributed by atoms with Crippen molar-refractivity contribution < 1.29 is 19.4 Å². The summed E-state index contributed by atoms with van der Waals surface area (Å²) < 4.78 is 5.32. The third-order valence-corrected chi connectivity index (χ3v) is 5.09. The molecule has 0 radical (unpaired) electrons. The van der Waals surface area contributed by atoms with Gasteiger partial charge < -0.3 is 19.7 Å². The first-order valence-corrected chi connectivity index (χ1v) is 9.79. The number of aromatic nitrogens is 1. The van der Waals surface area contributed by atoms with Crippen molar-refractivity contribution >= 4 is 22.8 Å². The number of rotatable bonds is 10. The van der Waals surface area contributed by atoms with Crippen LogP contribution in [0.5, 0.6) is 5.75 Å². The first-order valence-electron chi connectivity index (χ1n) is 9.79. The molecule has 0 aliphatic carbocycles. The molecule has 29 heavy (non-hydrogen) atoms. The molecule has 0 fully saturated rings. The van der Waals surface area contributed by atoms with Crippen molar-refractivity contribution in [1.29, 1.82) is 0 Å². The van der Waals surface area contributed by atoms with Gasteiger partial charge in [0.15, 0.2) is 5.78 Å². The Morgan fingerprint density at radius 2 is 1.79 bits per heavy atom. The summed E-state index contributed by atoms with van der Waals surface area (Å²) in [6.07, 6.45) is 3.10. The molecule has 6 heteroatoms. The van der Waals surface area contributed by atoms with E-state index in [-0.39, 0.29) is 5.78 Å². The zero-order valence-electron chi connectivity index (χ0n) is 16.6. The van der Waals surface area contributed by atoms with E-state index in [4.69, 9.17) is 4.74 Å². The average molecular weight is 394 g/mol. The SMILES string of the molecule is COc1ccccc1CCN(CCCCC(=O)c1c[nH]c2ccccc12)C(=O)O. The van der Waals surface area contributed by atoms with E-state index < -0.39 is 6.09 Å². The van der Waals surface area contributed by atoms with E-state index in [0.29, 0.717) is 44.3 Å². The minimum atomic E-state index is -0.942. The second-order valence-corrected chi connectivity index (χ2v) is 6.96. The van der Waals surface area contributed by atoms with Crippen molar-refractivity contribution in [3.05, 3.63) is 65.9 Å². The summed E-state index contributed by atoms with van der Waals surface area (Å²) in [5.41, 5.74) is 2.63. The lowest BCUT2D eigenvalue weighted by Gasteiger charge is -2.19. The number of para-hydroxylation sites is 2. The number of carbonyl (C=O) groups is 2. The van der Waals surface area contributed by atoms with Crippen molar-refractivity contribution in [2.75, 3.05) is 20.2 Å². The van der Waals surface area contributed by atoms with Crippen molar-refractivity contribution in [2.24, 2.45) is 0 Å². The van der Waals surface area contributed by atoms with Gasteiger partial charge in [0.2, 0.25) is 0 Å². The molecule has 152 valence electrons. The van der Waals surface area contributed by atoms with Gasteiger partial charge in [0.1, 0.15) is 5.75 Å². The molecule has 0 aliphatic heterocycles. The number of carbonyl (C=O) groups excluding carboxylic acids is 1. The lowest BCUT2D eigenvalue weighted by atomic mass is 10.0. The topological polar surface area (TPSA) is 82.6 Å². The summed E-state index contributed by atoms with van der Waals surface area (Å²) in [6, 6.07) is 15.3. The van der Waals surface area contributed by atoms with Crippen LogP contribution in [-0.2, 0) is 6.42 Å². The first kappa shape index (κ1) is 20.5. The highest BCUT2D eigenvalue weighted by Crippen LogP contribution is 2.20. The van der Waals surface area contributed by atoms with Gasteiger partial charge in [-0.1, -0.05) is 36.4 Å². The molecule has 2 N–H and O–H groups in total. The largest absolute Gasteiger partial charge is 0.496 e. The number of amides is 1. The maximum absolute atomic E-state index is 12.5. The Balaban J connectivity index is 1.48. The summed E-state index contributed by atoms with van der Waals surface area (Å²) in [5, 5.41) is 10.4. The van der Waals surface area contributed by atoms with Gasteiger partial charge >= 0.3 is 6.09 Å². The van der Waals surface area contributed by atoms with Crippen molar-refractivity contribution in [3.63, 3.8) is 0 Å². The number of aromatic amines is 1. The van der Waals surface area contributed by atoms with Gasteiger partial charge in [0, 0.05) is 42.2 Å². The molecule has 0 unspecified atom stereocenters. The molecule has 1 aromatic heterocycles. The number of hydrogen-bond donors (Lipinski definition) is 2. The molecular weight excluding hydrogens is 368 g/mol.